The Morgan fingerprint density at radius 3 is 2.71 bits per heavy atom. The molecule has 0 unspecified atom stereocenters. The molecule has 0 saturated heterocycles. The van der Waals surface area contributed by atoms with Crippen molar-refractivity contribution in [2.24, 2.45) is 0 Å². The van der Waals surface area contributed by atoms with Gasteiger partial charge in [-0.05, 0) is 29.3 Å². The van der Waals surface area contributed by atoms with E-state index in [0.717, 1.165) is 23.6 Å². The summed E-state index contributed by atoms with van der Waals surface area (Å²) in [6.07, 6.45) is 1.71. The molecule has 1 aromatic heterocycles. The number of fused-ring (bicyclic) bond motifs is 1. The predicted molar refractivity (Wildman–Crippen MR) is 78.2 cm³/mol. The smallest absolute Gasteiger partial charge is 0.226 e. The fourth-order valence-electron chi connectivity index (χ4n) is 2.13. The predicted octanol–water partition coefficient (Wildman–Crippen LogP) is 3.46. The molecule has 3 rings (SSSR count). The zero-order chi connectivity index (χ0) is 14.7. The molecule has 2 aromatic carbocycles. The topological polar surface area (TPSA) is 68.4 Å². The van der Waals surface area contributed by atoms with Crippen LogP contribution in [0.2, 0.25) is 0 Å². The minimum absolute atomic E-state index is 0.103. The molecular formula is C16H16N2O3. The first-order chi connectivity index (χ1) is 10.3. The van der Waals surface area contributed by atoms with Crippen molar-refractivity contribution in [3.8, 4) is 11.5 Å². The molecule has 3 aromatic rings. The van der Waals surface area contributed by atoms with Crippen LogP contribution in [0.3, 0.4) is 0 Å². The Bertz CT molecular complexity index is 752. The van der Waals surface area contributed by atoms with Crippen LogP contribution in [0.15, 0.2) is 40.9 Å². The van der Waals surface area contributed by atoms with Crippen LogP contribution >= 0.6 is 0 Å². The molecule has 0 atom stereocenters. The highest BCUT2D eigenvalue weighted by molar-refractivity contribution is 5.85. The number of ether oxygens (including phenoxy) is 1. The van der Waals surface area contributed by atoms with Crippen LogP contribution in [0.4, 0.5) is 0 Å². The van der Waals surface area contributed by atoms with Crippen molar-refractivity contribution in [1.29, 1.82) is 0 Å². The maximum absolute atomic E-state index is 9.99. The molecule has 21 heavy (non-hydrogen) atoms. The molecule has 0 aliphatic rings. The summed E-state index contributed by atoms with van der Waals surface area (Å²) in [6, 6.07) is 11.3. The summed E-state index contributed by atoms with van der Waals surface area (Å²) >= 11 is 0. The highest BCUT2D eigenvalue weighted by Gasteiger charge is 2.09. The molecule has 5 heteroatoms. The number of phenolic OH excluding ortho intramolecular Hbond substituents is 1. The Labute approximate surface area is 122 Å². The molecule has 0 spiro atoms. The van der Waals surface area contributed by atoms with Crippen LogP contribution in [-0.2, 0) is 13.0 Å². The van der Waals surface area contributed by atoms with E-state index in [1.54, 1.807) is 12.1 Å². The van der Waals surface area contributed by atoms with Gasteiger partial charge in [0.25, 0.3) is 0 Å². The van der Waals surface area contributed by atoms with E-state index in [0.29, 0.717) is 17.5 Å². The minimum Gasteiger partial charge on any atom is -0.504 e. The first kappa shape index (κ1) is 13.4. The number of nitrogens with zero attached hydrogens (tertiary/aromatic N) is 2. The quantitative estimate of drug-likeness (QED) is 0.777. The van der Waals surface area contributed by atoms with Crippen LogP contribution in [0.25, 0.3) is 10.8 Å². The summed E-state index contributed by atoms with van der Waals surface area (Å²) in [5.74, 6) is 1.60. The van der Waals surface area contributed by atoms with Crippen molar-refractivity contribution in [2.45, 2.75) is 26.4 Å². The SMILES string of the molecule is CCCc1nc(COc2cc3ccccc3cc2O)no1. The Hall–Kier alpha value is -2.56. The normalized spacial score (nSPS) is 10.9. The molecule has 0 bridgehead atoms. The molecule has 0 aliphatic heterocycles. The number of aromatic nitrogens is 2. The number of benzene rings is 2. The number of hydrogen-bond acceptors (Lipinski definition) is 5. The van der Waals surface area contributed by atoms with Crippen LogP contribution in [0.5, 0.6) is 11.5 Å². The zero-order valence-corrected chi connectivity index (χ0v) is 11.7. The lowest BCUT2D eigenvalue weighted by Gasteiger charge is -2.07. The summed E-state index contributed by atoms with van der Waals surface area (Å²) in [6.45, 7) is 2.21. The van der Waals surface area contributed by atoms with Gasteiger partial charge in [-0.25, -0.2) is 0 Å². The Morgan fingerprint density at radius 1 is 1.19 bits per heavy atom. The van der Waals surface area contributed by atoms with Crippen molar-refractivity contribution < 1.29 is 14.4 Å². The van der Waals surface area contributed by atoms with Gasteiger partial charge in [0, 0.05) is 6.42 Å². The fourth-order valence-corrected chi connectivity index (χ4v) is 2.13. The second-order valence-corrected chi connectivity index (χ2v) is 4.81. The summed E-state index contributed by atoms with van der Waals surface area (Å²) < 4.78 is 10.7. The third kappa shape index (κ3) is 2.97. The van der Waals surface area contributed by atoms with Crippen LogP contribution in [0, 0.1) is 0 Å². The van der Waals surface area contributed by atoms with Crippen molar-refractivity contribution in [2.75, 3.05) is 0 Å². The Morgan fingerprint density at radius 2 is 1.95 bits per heavy atom. The standard InChI is InChI=1S/C16H16N2O3/c1-2-5-16-17-15(18-21-16)10-20-14-9-12-7-4-3-6-11(12)8-13(14)19/h3-4,6-9,19H,2,5,10H2,1H3. The van der Waals surface area contributed by atoms with Gasteiger partial charge in [0.2, 0.25) is 11.7 Å². The second kappa shape index (κ2) is 5.83. The summed E-state index contributed by atoms with van der Waals surface area (Å²) in [5.41, 5.74) is 0. The molecule has 1 heterocycles. The molecule has 0 fully saturated rings. The van der Waals surface area contributed by atoms with E-state index < -0.39 is 0 Å². The Kier molecular flexibility index (Phi) is 3.73. The average Bonchev–Trinajstić information content (AvgIpc) is 2.93. The van der Waals surface area contributed by atoms with E-state index in [1.165, 1.54) is 0 Å². The van der Waals surface area contributed by atoms with Crippen LogP contribution < -0.4 is 4.74 Å². The Balaban J connectivity index is 1.76. The second-order valence-electron chi connectivity index (χ2n) is 4.81. The lowest BCUT2D eigenvalue weighted by molar-refractivity contribution is 0.272. The van der Waals surface area contributed by atoms with Crippen molar-refractivity contribution in [3.63, 3.8) is 0 Å². The van der Waals surface area contributed by atoms with E-state index in [1.807, 2.05) is 31.2 Å². The minimum atomic E-state index is 0.103. The summed E-state index contributed by atoms with van der Waals surface area (Å²) in [7, 11) is 0. The van der Waals surface area contributed by atoms with Gasteiger partial charge in [0.15, 0.2) is 18.1 Å². The van der Waals surface area contributed by atoms with Gasteiger partial charge in [0.05, 0.1) is 0 Å². The van der Waals surface area contributed by atoms with Crippen LogP contribution in [-0.4, -0.2) is 15.2 Å². The number of hydrogen-bond donors (Lipinski definition) is 1. The third-order valence-electron chi connectivity index (χ3n) is 3.16. The molecule has 108 valence electrons. The van der Waals surface area contributed by atoms with E-state index in [2.05, 4.69) is 10.1 Å². The number of phenols is 1. The van der Waals surface area contributed by atoms with Gasteiger partial charge in [-0.15, -0.1) is 0 Å². The first-order valence-corrected chi connectivity index (χ1v) is 6.92. The molecule has 0 radical (unpaired) electrons. The van der Waals surface area contributed by atoms with E-state index >= 15 is 0 Å². The van der Waals surface area contributed by atoms with Crippen LogP contribution in [0.1, 0.15) is 25.1 Å². The van der Waals surface area contributed by atoms with Crippen molar-refractivity contribution >= 4 is 10.8 Å². The van der Waals surface area contributed by atoms with Gasteiger partial charge in [-0.2, -0.15) is 4.98 Å². The van der Waals surface area contributed by atoms with E-state index in [9.17, 15) is 5.11 Å². The lowest BCUT2D eigenvalue weighted by Crippen LogP contribution is -1.98. The summed E-state index contributed by atoms with van der Waals surface area (Å²) in [4.78, 5) is 4.22. The maximum atomic E-state index is 9.99. The van der Waals surface area contributed by atoms with Crippen molar-refractivity contribution in [1.82, 2.24) is 10.1 Å². The monoisotopic (exact) mass is 284 g/mol. The maximum Gasteiger partial charge on any atom is 0.226 e. The fraction of sp³-hybridized carbons (Fsp3) is 0.250. The average molecular weight is 284 g/mol. The summed E-state index contributed by atoms with van der Waals surface area (Å²) in [5, 5.41) is 15.8. The number of rotatable bonds is 5. The van der Waals surface area contributed by atoms with Gasteiger partial charge in [-0.3, -0.25) is 0 Å². The van der Waals surface area contributed by atoms with Gasteiger partial charge in [0.1, 0.15) is 0 Å². The largest absolute Gasteiger partial charge is 0.504 e. The van der Waals surface area contributed by atoms with Gasteiger partial charge < -0.3 is 14.4 Å². The van der Waals surface area contributed by atoms with Gasteiger partial charge >= 0.3 is 0 Å². The molecular weight excluding hydrogens is 268 g/mol. The first-order valence-electron chi connectivity index (χ1n) is 6.92. The molecule has 0 amide bonds. The van der Waals surface area contributed by atoms with E-state index in [-0.39, 0.29) is 12.4 Å². The van der Waals surface area contributed by atoms with E-state index in [4.69, 9.17) is 9.26 Å². The molecule has 0 aliphatic carbocycles. The number of aromatic hydroxyl groups is 1. The molecule has 5 nitrogen and oxygen atoms in total. The van der Waals surface area contributed by atoms with Gasteiger partial charge in [-0.1, -0.05) is 36.3 Å². The lowest BCUT2D eigenvalue weighted by atomic mass is 10.1. The number of aryl methyl sites for hydroxylation is 1. The highest BCUT2D eigenvalue weighted by Crippen LogP contribution is 2.31. The molecule has 1 N–H and O–H groups in total. The molecule has 0 saturated carbocycles. The van der Waals surface area contributed by atoms with Crippen molar-refractivity contribution in [3.05, 3.63) is 48.1 Å². The zero-order valence-electron chi connectivity index (χ0n) is 11.7. The highest BCUT2D eigenvalue weighted by atomic mass is 16.5. The third-order valence-corrected chi connectivity index (χ3v) is 3.16.